The fraction of sp³-hybridized carbons (Fsp3) is 0. The van der Waals surface area contributed by atoms with E-state index in [-0.39, 0.29) is 0 Å². The lowest BCUT2D eigenvalue weighted by molar-refractivity contribution is 1.39. The third kappa shape index (κ3) is 3.49. The molecule has 0 heterocycles. The first kappa shape index (κ1) is 14.7. The van der Waals surface area contributed by atoms with Crippen molar-refractivity contribution in [2.24, 2.45) is 10.7 Å². The van der Waals surface area contributed by atoms with E-state index >= 15 is 0 Å². The van der Waals surface area contributed by atoms with Crippen molar-refractivity contribution >= 4 is 28.5 Å². The zero-order chi connectivity index (χ0) is 16.2. The van der Waals surface area contributed by atoms with Crippen molar-refractivity contribution in [3.63, 3.8) is 0 Å². The predicted octanol–water partition coefficient (Wildman–Crippen LogP) is 4.05. The van der Waals surface area contributed by atoms with E-state index < -0.39 is 0 Å². The Morgan fingerprint density at radius 3 is 2.48 bits per heavy atom. The van der Waals surface area contributed by atoms with Crippen LogP contribution in [0.4, 0.5) is 22.7 Å². The number of para-hydroxylation sites is 1. The Morgan fingerprint density at radius 1 is 0.957 bits per heavy atom. The Balaban J connectivity index is 1.97. The molecule has 0 aliphatic heterocycles. The second kappa shape index (κ2) is 6.23. The quantitative estimate of drug-likeness (QED) is 0.748. The average molecular weight is 302 g/mol. The van der Waals surface area contributed by atoms with Crippen molar-refractivity contribution in [1.29, 1.82) is 0 Å². The molecule has 2 aromatic rings. The van der Waals surface area contributed by atoms with E-state index in [1.807, 2.05) is 60.7 Å². The largest absolute Gasteiger partial charge is 0.399 e. The number of aliphatic imine (C=N–C) groups is 1. The summed E-state index contributed by atoms with van der Waals surface area (Å²) in [6, 6.07) is 15.5. The normalized spacial score (nSPS) is 15.6. The molecule has 0 spiro atoms. The molecule has 0 amide bonds. The zero-order valence-corrected chi connectivity index (χ0v) is 12.7. The molecule has 1 aliphatic carbocycles. The van der Waals surface area contributed by atoms with Crippen LogP contribution in [0.25, 0.3) is 0 Å². The molecule has 3 rings (SSSR count). The summed E-state index contributed by atoms with van der Waals surface area (Å²) in [6.45, 7) is 3.99. The van der Waals surface area contributed by atoms with Gasteiger partial charge < -0.3 is 16.8 Å². The summed E-state index contributed by atoms with van der Waals surface area (Å²) in [6.07, 6.45) is 5.48. The van der Waals surface area contributed by atoms with Gasteiger partial charge in [0.25, 0.3) is 0 Å². The third-order valence-corrected chi connectivity index (χ3v) is 3.42. The number of hydrogen-bond acceptors (Lipinski definition) is 4. The Kier molecular flexibility index (Phi) is 3.97. The molecule has 0 atom stereocenters. The standard InChI is InChI=1S/C19H18N4/c1-13-11-14(20)7-9-17(13)23-18-10-8-15(21)12-19(18)22-16-5-3-2-4-6-16/h2-12,22H,1,20-21H2. The lowest BCUT2D eigenvalue weighted by Crippen LogP contribution is -2.06. The van der Waals surface area contributed by atoms with Crippen molar-refractivity contribution in [3.8, 4) is 0 Å². The van der Waals surface area contributed by atoms with E-state index in [0.717, 1.165) is 28.3 Å². The molecule has 0 unspecified atom stereocenters. The number of anilines is 3. The fourth-order valence-corrected chi connectivity index (χ4v) is 2.27. The second-order valence-electron chi connectivity index (χ2n) is 5.27. The van der Waals surface area contributed by atoms with Crippen LogP contribution in [0.2, 0.25) is 0 Å². The molecule has 4 nitrogen and oxygen atoms in total. The minimum absolute atomic E-state index is 0.675. The van der Waals surface area contributed by atoms with E-state index in [0.29, 0.717) is 11.4 Å². The van der Waals surface area contributed by atoms with Gasteiger partial charge in [0.2, 0.25) is 0 Å². The molecule has 4 heteroatoms. The molecule has 0 radical (unpaired) electrons. The highest BCUT2D eigenvalue weighted by molar-refractivity contribution is 6.12. The average Bonchev–Trinajstić information content (AvgIpc) is 2.53. The summed E-state index contributed by atoms with van der Waals surface area (Å²) in [5.74, 6) is 0. The monoisotopic (exact) mass is 302 g/mol. The van der Waals surface area contributed by atoms with Crippen LogP contribution in [0.3, 0.4) is 0 Å². The van der Waals surface area contributed by atoms with Gasteiger partial charge in [0.15, 0.2) is 0 Å². The van der Waals surface area contributed by atoms with Crippen molar-refractivity contribution in [2.45, 2.75) is 0 Å². The van der Waals surface area contributed by atoms with E-state index in [1.165, 1.54) is 0 Å². The first-order chi connectivity index (χ1) is 11.1. The van der Waals surface area contributed by atoms with Crippen LogP contribution < -0.4 is 16.8 Å². The van der Waals surface area contributed by atoms with Gasteiger partial charge in [-0.15, -0.1) is 0 Å². The fourth-order valence-electron chi connectivity index (χ4n) is 2.27. The molecule has 0 aromatic heterocycles. The number of nitrogen functional groups attached to an aromatic ring is 1. The molecule has 0 saturated heterocycles. The molecule has 114 valence electrons. The van der Waals surface area contributed by atoms with Gasteiger partial charge >= 0.3 is 0 Å². The van der Waals surface area contributed by atoms with E-state index in [4.69, 9.17) is 11.5 Å². The highest BCUT2D eigenvalue weighted by Crippen LogP contribution is 2.31. The van der Waals surface area contributed by atoms with Gasteiger partial charge in [-0.1, -0.05) is 24.8 Å². The number of nitrogens with one attached hydrogen (secondary N) is 1. The van der Waals surface area contributed by atoms with E-state index in [2.05, 4.69) is 16.9 Å². The maximum atomic E-state index is 5.91. The molecule has 1 aliphatic rings. The maximum absolute atomic E-state index is 5.91. The molecule has 0 fully saturated rings. The molecule has 0 saturated carbocycles. The summed E-state index contributed by atoms with van der Waals surface area (Å²) in [5, 5.41) is 3.35. The Bertz CT molecular complexity index is 830. The van der Waals surface area contributed by atoms with Crippen LogP contribution in [0, 0.1) is 0 Å². The van der Waals surface area contributed by atoms with Gasteiger partial charge in [0, 0.05) is 17.1 Å². The maximum Gasteiger partial charge on any atom is 0.0873 e. The predicted molar refractivity (Wildman–Crippen MR) is 98.2 cm³/mol. The second-order valence-corrected chi connectivity index (χ2v) is 5.27. The Labute approximate surface area is 135 Å². The van der Waals surface area contributed by atoms with Gasteiger partial charge in [-0.2, -0.15) is 0 Å². The van der Waals surface area contributed by atoms with Crippen molar-refractivity contribution in [1.82, 2.24) is 0 Å². The zero-order valence-electron chi connectivity index (χ0n) is 12.7. The summed E-state index contributed by atoms with van der Waals surface area (Å²) >= 11 is 0. The molecular formula is C19H18N4. The summed E-state index contributed by atoms with van der Waals surface area (Å²) in [7, 11) is 0. The highest BCUT2D eigenvalue weighted by Gasteiger charge is 2.08. The Hall–Kier alpha value is -3.27. The highest BCUT2D eigenvalue weighted by atomic mass is 14.9. The van der Waals surface area contributed by atoms with Gasteiger partial charge in [-0.05, 0) is 54.1 Å². The first-order valence-electron chi connectivity index (χ1n) is 7.26. The minimum Gasteiger partial charge on any atom is -0.399 e. The minimum atomic E-state index is 0.675. The molecule has 2 aromatic carbocycles. The number of nitrogens with zero attached hydrogens (tertiary/aromatic N) is 1. The molecule has 23 heavy (non-hydrogen) atoms. The van der Waals surface area contributed by atoms with Gasteiger partial charge in [0.1, 0.15) is 0 Å². The topological polar surface area (TPSA) is 76.4 Å². The lowest BCUT2D eigenvalue weighted by Gasteiger charge is -2.13. The summed E-state index contributed by atoms with van der Waals surface area (Å²) in [5.41, 5.74) is 17.2. The number of benzene rings is 2. The van der Waals surface area contributed by atoms with E-state index in [1.54, 1.807) is 6.08 Å². The smallest absolute Gasteiger partial charge is 0.0873 e. The van der Waals surface area contributed by atoms with Crippen LogP contribution in [0.15, 0.2) is 89.6 Å². The van der Waals surface area contributed by atoms with E-state index in [9.17, 15) is 0 Å². The molecule has 0 bridgehead atoms. The van der Waals surface area contributed by atoms with Gasteiger partial charge in [-0.25, -0.2) is 4.99 Å². The van der Waals surface area contributed by atoms with Crippen LogP contribution >= 0.6 is 0 Å². The Morgan fingerprint density at radius 2 is 1.74 bits per heavy atom. The van der Waals surface area contributed by atoms with Crippen LogP contribution in [-0.4, -0.2) is 5.71 Å². The lowest BCUT2D eigenvalue weighted by atomic mass is 10.1. The number of allylic oxidation sites excluding steroid dienone is 4. The van der Waals surface area contributed by atoms with Crippen molar-refractivity contribution in [3.05, 3.63) is 84.6 Å². The number of rotatable bonds is 3. The van der Waals surface area contributed by atoms with Gasteiger partial charge in [-0.3, -0.25) is 0 Å². The molecular weight excluding hydrogens is 284 g/mol. The SMILES string of the molecule is C=C1C=C(N)C=CC1=Nc1ccc(N)cc1Nc1ccccc1. The third-order valence-electron chi connectivity index (χ3n) is 3.42. The van der Waals surface area contributed by atoms with Crippen LogP contribution in [0.5, 0.6) is 0 Å². The van der Waals surface area contributed by atoms with Crippen molar-refractivity contribution in [2.75, 3.05) is 11.1 Å². The molecule has 5 N–H and O–H groups in total. The van der Waals surface area contributed by atoms with Crippen LogP contribution in [-0.2, 0) is 0 Å². The number of nitrogens with two attached hydrogens (primary N) is 2. The summed E-state index contributed by atoms with van der Waals surface area (Å²) in [4.78, 5) is 4.68. The van der Waals surface area contributed by atoms with Crippen molar-refractivity contribution < 1.29 is 0 Å². The van der Waals surface area contributed by atoms with Gasteiger partial charge in [0.05, 0.1) is 17.1 Å². The number of hydrogen-bond donors (Lipinski definition) is 3. The van der Waals surface area contributed by atoms with Crippen LogP contribution in [0.1, 0.15) is 0 Å². The summed E-state index contributed by atoms with van der Waals surface area (Å²) < 4.78 is 0. The first-order valence-corrected chi connectivity index (χ1v) is 7.26.